The van der Waals surface area contributed by atoms with Gasteiger partial charge >= 0.3 is 23.9 Å². The highest BCUT2D eigenvalue weighted by molar-refractivity contribution is 6.16. The predicted molar refractivity (Wildman–Crippen MR) is 50.1 cm³/mol. The topological polar surface area (TPSA) is 118 Å². The first-order valence-corrected chi connectivity index (χ1v) is 4.33. The van der Waals surface area contributed by atoms with Gasteiger partial charge < -0.3 is 14.9 Å². The standard InChI is InChI=1S/C10H4O7/c11-7(12)4-1-3-2-5(6(4)8(13)14)10(16)17-9(3)15/h1-2H,(H,11,12)(H,13,14). The highest BCUT2D eigenvalue weighted by atomic mass is 16.6. The molecule has 2 bridgehead atoms. The first-order valence-electron chi connectivity index (χ1n) is 4.33. The molecule has 0 aliphatic carbocycles. The minimum absolute atomic E-state index is 0.165. The number of benzene rings is 1. The van der Waals surface area contributed by atoms with Crippen molar-refractivity contribution in [1.29, 1.82) is 0 Å². The van der Waals surface area contributed by atoms with Crippen LogP contribution in [0.1, 0.15) is 41.4 Å². The number of carbonyl (C=O) groups excluding carboxylic acids is 2. The van der Waals surface area contributed by atoms with Crippen LogP contribution in [0.15, 0.2) is 12.1 Å². The second kappa shape index (κ2) is 3.41. The van der Waals surface area contributed by atoms with Gasteiger partial charge in [-0.1, -0.05) is 0 Å². The lowest BCUT2D eigenvalue weighted by Crippen LogP contribution is -2.25. The molecule has 7 heteroatoms. The average molecular weight is 236 g/mol. The smallest absolute Gasteiger partial charge is 0.346 e. The van der Waals surface area contributed by atoms with Gasteiger partial charge in [-0.3, -0.25) is 0 Å². The molecule has 0 amide bonds. The fraction of sp³-hybridized carbons (Fsp3) is 0. The third-order valence-electron chi connectivity index (χ3n) is 2.22. The number of cyclic esters (lactones) is 2. The maximum absolute atomic E-state index is 11.3. The van der Waals surface area contributed by atoms with Crippen molar-refractivity contribution < 1.29 is 34.1 Å². The lowest BCUT2D eigenvalue weighted by molar-refractivity contribution is 0.0378. The second-order valence-electron chi connectivity index (χ2n) is 3.23. The molecule has 1 aliphatic heterocycles. The molecule has 0 unspecified atom stereocenters. The molecule has 1 heterocycles. The predicted octanol–water partition coefficient (Wildman–Crippen LogP) is 0.394. The van der Waals surface area contributed by atoms with Crippen LogP contribution < -0.4 is 0 Å². The summed E-state index contributed by atoms with van der Waals surface area (Å²) in [6.07, 6.45) is 0. The van der Waals surface area contributed by atoms with Gasteiger partial charge in [0.25, 0.3) is 0 Å². The molecule has 0 atom stereocenters. The van der Waals surface area contributed by atoms with E-state index in [4.69, 9.17) is 10.2 Å². The van der Waals surface area contributed by atoms with Crippen molar-refractivity contribution in [3.8, 4) is 0 Å². The van der Waals surface area contributed by atoms with E-state index in [9.17, 15) is 19.2 Å². The summed E-state index contributed by atoms with van der Waals surface area (Å²) in [6.45, 7) is 0. The number of carboxylic acids is 2. The molecule has 7 nitrogen and oxygen atoms in total. The monoisotopic (exact) mass is 236 g/mol. The summed E-state index contributed by atoms with van der Waals surface area (Å²) in [6, 6.07) is 1.87. The van der Waals surface area contributed by atoms with Gasteiger partial charge in [0.05, 0.1) is 22.3 Å². The maximum atomic E-state index is 11.3. The SMILES string of the molecule is O=C1OC(=O)c2cc1cc(C(=O)O)c2C(=O)O. The van der Waals surface area contributed by atoms with Gasteiger partial charge in [0, 0.05) is 0 Å². The van der Waals surface area contributed by atoms with Crippen LogP contribution in [0.5, 0.6) is 0 Å². The highest BCUT2D eigenvalue weighted by Gasteiger charge is 2.32. The number of hydrogen-bond acceptors (Lipinski definition) is 5. The van der Waals surface area contributed by atoms with E-state index in [1.807, 2.05) is 0 Å². The quantitative estimate of drug-likeness (QED) is 0.563. The zero-order chi connectivity index (χ0) is 12.7. The fourth-order valence-corrected chi connectivity index (χ4v) is 1.52. The summed E-state index contributed by atoms with van der Waals surface area (Å²) in [5.41, 5.74) is -1.90. The first kappa shape index (κ1) is 10.8. The van der Waals surface area contributed by atoms with Gasteiger partial charge in [0.1, 0.15) is 0 Å². The van der Waals surface area contributed by atoms with E-state index in [1.54, 1.807) is 0 Å². The van der Waals surface area contributed by atoms with E-state index in [0.29, 0.717) is 0 Å². The molecule has 0 saturated carbocycles. The lowest BCUT2D eigenvalue weighted by Gasteiger charge is -2.14. The van der Waals surface area contributed by atoms with Gasteiger partial charge in [-0.15, -0.1) is 0 Å². The van der Waals surface area contributed by atoms with E-state index in [-0.39, 0.29) is 5.56 Å². The Kier molecular flexibility index (Phi) is 2.17. The number of esters is 2. The molecule has 0 saturated heterocycles. The van der Waals surface area contributed by atoms with Crippen molar-refractivity contribution in [1.82, 2.24) is 0 Å². The molecule has 1 aromatic rings. The summed E-state index contributed by atoms with van der Waals surface area (Å²) in [5.74, 6) is -5.27. The fourth-order valence-electron chi connectivity index (χ4n) is 1.52. The second-order valence-corrected chi connectivity index (χ2v) is 3.23. The first-order chi connectivity index (χ1) is 7.91. The van der Waals surface area contributed by atoms with Crippen LogP contribution in [-0.2, 0) is 4.74 Å². The van der Waals surface area contributed by atoms with E-state index in [0.717, 1.165) is 12.1 Å². The van der Waals surface area contributed by atoms with Crippen molar-refractivity contribution in [2.75, 3.05) is 0 Å². The summed E-state index contributed by atoms with van der Waals surface area (Å²) in [5, 5.41) is 17.7. The molecule has 0 radical (unpaired) electrons. The molecule has 1 aliphatic rings. The minimum atomic E-state index is -1.57. The van der Waals surface area contributed by atoms with E-state index >= 15 is 0 Å². The van der Waals surface area contributed by atoms with Crippen LogP contribution >= 0.6 is 0 Å². The molecule has 0 aromatic heterocycles. The normalized spacial score (nSPS) is 13.2. The Morgan fingerprint density at radius 1 is 1.00 bits per heavy atom. The third kappa shape index (κ3) is 1.53. The summed E-state index contributed by atoms with van der Waals surface area (Å²) in [4.78, 5) is 44.2. The Morgan fingerprint density at radius 2 is 1.65 bits per heavy atom. The molecule has 2 N–H and O–H groups in total. The Labute approximate surface area is 93.2 Å². The number of carbonyl (C=O) groups is 4. The van der Waals surface area contributed by atoms with Gasteiger partial charge in [0.15, 0.2) is 0 Å². The Hall–Kier alpha value is -2.70. The van der Waals surface area contributed by atoms with Crippen molar-refractivity contribution in [2.45, 2.75) is 0 Å². The average Bonchev–Trinajstić information content (AvgIpc) is 2.25. The van der Waals surface area contributed by atoms with Crippen molar-refractivity contribution in [2.24, 2.45) is 0 Å². The van der Waals surface area contributed by atoms with Crippen LogP contribution in [0.25, 0.3) is 0 Å². The van der Waals surface area contributed by atoms with Crippen LogP contribution in [-0.4, -0.2) is 34.1 Å². The van der Waals surface area contributed by atoms with Gasteiger partial charge in [0.2, 0.25) is 0 Å². The van der Waals surface area contributed by atoms with Crippen molar-refractivity contribution in [3.63, 3.8) is 0 Å². The van der Waals surface area contributed by atoms with Gasteiger partial charge in [-0.05, 0) is 12.1 Å². The maximum Gasteiger partial charge on any atom is 0.346 e. The van der Waals surface area contributed by atoms with E-state index < -0.39 is 40.6 Å². The van der Waals surface area contributed by atoms with Crippen LogP contribution in [0, 0.1) is 0 Å². The van der Waals surface area contributed by atoms with E-state index in [1.165, 1.54) is 0 Å². The lowest BCUT2D eigenvalue weighted by atomic mass is 9.96. The molecule has 86 valence electrons. The molecule has 0 fully saturated rings. The number of hydrogen-bond donors (Lipinski definition) is 2. The summed E-state index contributed by atoms with van der Waals surface area (Å²) >= 11 is 0. The number of carboxylic acid groups (broad SMARTS) is 2. The van der Waals surface area contributed by atoms with Gasteiger partial charge in [-0.2, -0.15) is 0 Å². The largest absolute Gasteiger partial charge is 0.478 e. The molecule has 1 aromatic carbocycles. The van der Waals surface area contributed by atoms with Crippen molar-refractivity contribution in [3.05, 3.63) is 34.4 Å². The summed E-state index contributed by atoms with van der Waals surface area (Å²) < 4.78 is 4.26. The number of ether oxygens (including phenoxy) is 1. The molecular weight excluding hydrogens is 232 g/mol. The number of aromatic carboxylic acids is 2. The molecular formula is C10H4O7. The van der Waals surface area contributed by atoms with Gasteiger partial charge in [-0.25, -0.2) is 19.2 Å². The third-order valence-corrected chi connectivity index (χ3v) is 2.22. The van der Waals surface area contributed by atoms with Crippen LogP contribution in [0.2, 0.25) is 0 Å². The Balaban J connectivity index is 2.84. The number of fused-ring (bicyclic) bond motifs is 2. The van der Waals surface area contributed by atoms with E-state index in [2.05, 4.69) is 4.74 Å². The molecule has 0 spiro atoms. The highest BCUT2D eigenvalue weighted by Crippen LogP contribution is 2.24. The van der Waals surface area contributed by atoms with Crippen molar-refractivity contribution >= 4 is 23.9 Å². The Morgan fingerprint density at radius 3 is 2.18 bits per heavy atom. The number of rotatable bonds is 2. The minimum Gasteiger partial charge on any atom is -0.478 e. The van der Waals surface area contributed by atoms with Crippen LogP contribution in [0.4, 0.5) is 0 Å². The van der Waals surface area contributed by atoms with Crippen LogP contribution in [0.3, 0.4) is 0 Å². The zero-order valence-electron chi connectivity index (χ0n) is 8.09. The zero-order valence-corrected chi connectivity index (χ0v) is 8.09. The molecule has 2 rings (SSSR count). The summed E-state index contributed by atoms with van der Waals surface area (Å²) in [7, 11) is 0. The molecule has 17 heavy (non-hydrogen) atoms. The Bertz CT molecular complexity index is 581.